The number of carbonyl (C=O) groups excluding carboxylic acids is 3. The van der Waals surface area contributed by atoms with Gasteiger partial charge in [0.2, 0.25) is 0 Å². The van der Waals surface area contributed by atoms with E-state index in [1.165, 1.54) is 33.3 Å². The molecular weight excluding hydrogens is 668 g/mol. The Hall–Kier alpha value is -2.69. The Morgan fingerprint density at radius 1 is 0.863 bits per heavy atom. The van der Waals surface area contributed by atoms with Crippen LogP contribution in [0.4, 0.5) is 0 Å². The second-order valence-corrected chi connectivity index (χ2v) is 15.6. The van der Waals surface area contributed by atoms with Crippen LogP contribution >= 0.6 is 0 Å². The topological polar surface area (TPSA) is 208 Å². The van der Waals surface area contributed by atoms with Crippen LogP contribution in [0.5, 0.6) is 0 Å². The fourth-order valence-corrected chi connectivity index (χ4v) is 7.35. The molecule has 3 saturated heterocycles. The van der Waals surface area contributed by atoms with E-state index in [4.69, 9.17) is 28.4 Å². The highest BCUT2D eigenvalue weighted by Crippen LogP contribution is 2.49. The number of ether oxygens (including phenoxy) is 6. The molecule has 0 spiro atoms. The number of rotatable bonds is 3. The summed E-state index contributed by atoms with van der Waals surface area (Å²) < 4.78 is 34.3. The van der Waals surface area contributed by atoms with Crippen LogP contribution < -0.4 is 0 Å². The number of fused-ring (bicyclic) bond motifs is 6. The van der Waals surface area contributed by atoms with E-state index in [0.29, 0.717) is 17.6 Å². The summed E-state index contributed by atoms with van der Waals surface area (Å²) in [6.07, 6.45) is -1.35. The highest BCUT2D eigenvalue weighted by atomic mass is 16.6. The lowest BCUT2D eigenvalue weighted by Crippen LogP contribution is -2.61. The first kappa shape index (κ1) is 41.1. The summed E-state index contributed by atoms with van der Waals surface area (Å²) in [4.78, 5) is 37.7. The number of aliphatic hydroxyl groups is 5. The van der Waals surface area contributed by atoms with E-state index in [1.807, 2.05) is 0 Å². The highest BCUT2D eigenvalue weighted by molar-refractivity contribution is 5.83. The minimum absolute atomic E-state index is 0.0464. The largest absolute Gasteiger partial charge is 0.466 e. The molecule has 51 heavy (non-hydrogen) atoms. The van der Waals surface area contributed by atoms with Crippen LogP contribution in [-0.2, 0) is 42.8 Å². The van der Waals surface area contributed by atoms with Crippen LogP contribution in [0.15, 0.2) is 35.5 Å². The Morgan fingerprint density at radius 3 is 2.10 bits per heavy atom. The van der Waals surface area contributed by atoms with Crippen molar-refractivity contribution in [1.82, 2.24) is 0 Å². The van der Waals surface area contributed by atoms with Gasteiger partial charge in [-0.25, -0.2) is 9.59 Å². The maximum Gasteiger partial charge on any atom is 0.330 e. The van der Waals surface area contributed by atoms with Crippen molar-refractivity contribution in [3.63, 3.8) is 0 Å². The fraction of sp³-hybridized carbons (Fsp3) is 0.757. The molecule has 0 amide bonds. The minimum Gasteiger partial charge on any atom is -0.466 e. The molecular formula is C37H56O14. The van der Waals surface area contributed by atoms with Crippen LogP contribution in [0.25, 0.3) is 0 Å². The highest BCUT2D eigenvalue weighted by Gasteiger charge is 2.56. The lowest BCUT2D eigenvalue weighted by molar-refractivity contribution is -0.348. The van der Waals surface area contributed by atoms with Gasteiger partial charge in [-0.15, -0.1) is 0 Å². The third kappa shape index (κ3) is 9.85. The number of cyclic esters (lactones) is 1. The summed E-state index contributed by atoms with van der Waals surface area (Å²) in [6, 6.07) is 0. The van der Waals surface area contributed by atoms with E-state index < -0.39 is 95.6 Å². The van der Waals surface area contributed by atoms with E-state index in [-0.39, 0.29) is 44.9 Å². The molecule has 4 heterocycles. The van der Waals surface area contributed by atoms with Gasteiger partial charge in [-0.05, 0) is 26.2 Å². The van der Waals surface area contributed by atoms with Crippen molar-refractivity contribution in [2.45, 2.75) is 153 Å². The normalized spacial score (nSPS) is 40.4. The zero-order valence-corrected chi connectivity index (χ0v) is 30.7. The van der Waals surface area contributed by atoms with Gasteiger partial charge in [-0.1, -0.05) is 51.0 Å². The molecule has 0 aromatic heterocycles. The Labute approximate surface area is 299 Å². The summed E-state index contributed by atoms with van der Waals surface area (Å²) >= 11 is 0. The maximum atomic E-state index is 13.1. The summed E-state index contributed by atoms with van der Waals surface area (Å²) in [7, 11) is 2.52. The molecule has 0 saturated carbocycles. The molecule has 14 nitrogen and oxygen atoms in total. The zero-order chi connectivity index (χ0) is 37.9. The van der Waals surface area contributed by atoms with Crippen molar-refractivity contribution in [1.29, 1.82) is 0 Å². The molecule has 0 radical (unpaired) electrons. The SMILES string of the molecule is COC(=O)/C=C1/C[C@H]2C[C@]3(O)O[C@@H](CC(O)C3(C)C)C[C@@H](O)CC(=O)O[C@@H]([C@@H](C)O)C[C@@H]3C/C(=C\C(=O)OC)C[C@@](O)(O3)C(C)(C)/C=C\[C@@H](C1)O2. The first-order valence-electron chi connectivity index (χ1n) is 17.6. The third-order valence-corrected chi connectivity index (χ3v) is 10.9. The standard InChI is InChI=1S/C37H56O14/c1-21(38)29-17-26-12-23(14-32(42)47-7)19-36(44,50-26)34(2,3)9-8-25-10-22(13-31(41)46-6)11-28(48-25)20-37(45)35(4,5)30(40)18-27(51-37)15-24(39)16-33(43)49-29/h8-9,13-14,21,24-30,38-40,44-45H,10-12,15-20H2,1-7H3/b9-8-,22-13+,23-14+/t21-,24-,25+,26+,27-,28+,29-,30?,36-,37+/m1/s1. The van der Waals surface area contributed by atoms with Gasteiger partial charge in [-0.2, -0.15) is 0 Å². The van der Waals surface area contributed by atoms with Crippen molar-refractivity contribution in [2.24, 2.45) is 10.8 Å². The number of carbonyl (C=O) groups is 3. The number of hydrogen-bond acceptors (Lipinski definition) is 14. The van der Waals surface area contributed by atoms with E-state index >= 15 is 0 Å². The summed E-state index contributed by atoms with van der Waals surface area (Å²) in [5, 5.41) is 56.9. The molecule has 1 unspecified atom stereocenters. The second kappa shape index (κ2) is 16.1. The fourth-order valence-electron chi connectivity index (χ4n) is 7.35. The lowest BCUT2D eigenvalue weighted by atomic mass is 9.70. The van der Waals surface area contributed by atoms with Gasteiger partial charge >= 0.3 is 17.9 Å². The number of hydrogen-bond donors (Lipinski definition) is 5. The predicted octanol–water partition coefficient (Wildman–Crippen LogP) is 2.27. The molecule has 0 aromatic carbocycles. The Kier molecular flexibility index (Phi) is 13.0. The van der Waals surface area contributed by atoms with E-state index in [9.17, 15) is 39.9 Å². The van der Waals surface area contributed by atoms with E-state index in [0.717, 1.165) is 0 Å². The molecule has 4 aliphatic heterocycles. The van der Waals surface area contributed by atoms with Crippen molar-refractivity contribution in [2.75, 3.05) is 14.2 Å². The number of methoxy groups -OCH3 is 2. The van der Waals surface area contributed by atoms with Gasteiger partial charge in [0, 0.05) is 55.1 Å². The first-order valence-corrected chi connectivity index (χ1v) is 17.6. The quantitative estimate of drug-likeness (QED) is 0.123. The molecule has 4 rings (SSSR count). The molecule has 6 bridgehead atoms. The van der Waals surface area contributed by atoms with Gasteiger partial charge < -0.3 is 54.0 Å². The molecule has 10 atom stereocenters. The Bertz CT molecular complexity index is 1370. The molecule has 0 aromatic rings. The molecule has 3 fully saturated rings. The van der Waals surface area contributed by atoms with Crippen molar-refractivity contribution >= 4 is 17.9 Å². The monoisotopic (exact) mass is 724 g/mol. The predicted molar refractivity (Wildman–Crippen MR) is 180 cm³/mol. The Balaban J connectivity index is 1.78. The van der Waals surface area contributed by atoms with Crippen LogP contribution in [0.1, 0.15) is 92.4 Å². The van der Waals surface area contributed by atoms with Crippen molar-refractivity contribution in [3.8, 4) is 0 Å². The minimum atomic E-state index is -1.94. The summed E-state index contributed by atoms with van der Waals surface area (Å²) in [6.45, 7) is 8.28. The van der Waals surface area contributed by atoms with Gasteiger partial charge in [0.15, 0.2) is 11.6 Å². The average Bonchev–Trinajstić information content (AvgIpc) is 3.01. The summed E-state index contributed by atoms with van der Waals surface area (Å²) in [5.74, 6) is -5.81. The maximum absolute atomic E-state index is 13.1. The van der Waals surface area contributed by atoms with Gasteiger partial charge in [0.1, 0.15) is 6.10 Å². The van der Waals surface area contributed by atoms with Crippen LogP contribution in [0, 0.1) is 10.8 Å². The zero-order valence-electron chi connectivity index (χ0n) is 30.7. The number of esters is 3. The van der Waals surface area contributed by atoms with Gasteiger partial charge in [-0.3, -0.25) is 4.79 Å². The number of aliphatic hydroxyl groups excluding tert-OH is 3. The molecule has 4 aliphatic rings. The third-order valence-electron chi connectivity index (χ3n) is 10.9. The van der Waals surface area contributed by atoms with Crippen LogP contribution in [0.2, 0.25) is 0 Å². The second-order valence-electron chi connectivity index (χ2n) is 15.6. The van der Waals surface area contributed by atoms with Crippen molar-refractivity contribution in [3.05, 3.63) is 35.5 Å². The molecule has 288 valence electrons. The molecule has 0 aliphatic carbocycles. The van der Waals surface area contributed by atoms with Crippen molar-refractivity contribution < 1.29 is 68.3 Å². The van der Waals surface area contributed by atoms with Crippen LogP contribution in [-0.4, -0.2) is 118 Å². The van der Waals surface area contributed by atoms with E-state index in [1.54, 1.807) is 39.8 Å². The summed E-state index contributed by atoms with van der Waals surface area (Å²) in [5.41, 5.74) is -1.09. The molecule has 5 N–H and O–H groups in total. The smallest absolute Gasteiger partial charge is 0.330 e. The molecule has 14 heteroatoms. The van der Waals surface area contributed by atoms with Gasteiger partial charge in [0.25, 0.3) is 0 Å². The van der Waals surface area contributed by atoms with Crippen LogP contribution in [0.3, 0.4) is 0 Å². The first-order chi connectivity index (χ1) is 23.7. The average molecular weight is 725 g/mol. The van der Waals surface area contributed by atoms with E-state index in [2.05, 4.69) is 0 Å². The van der Waals surface area contributed by atoms with Gasteiger partial charge in [0.05, 0.1) is 63.4 Å². The lowest BCUT2D eigenvalue weighted by Gasteiger charge is -2.53. The Morgan fingerprint density at radius 2 is 1.47 bits per heavy atom.